The molecule has 1 saturated carbocycles. The summed E-state index contributed by atoms with van der Waals surface area (Å²) in [5.74, 6) is 1.06. The highest BCUT2D eigenvalue weighted by molar-refractivity contribution is 6.30. The fourth-order valence-corrected chi connectivity index (χ4v) is 4.14. The van der Waals surface area contributed by atoms with Gasteiger partial charge in [-0.15, -0.1) is 0 Å². The summed E-state index contributed by atoms with van der Waals surface area (Å²) in [5, 5.41) is 4.04. The smallest absolute Gasteiger partial charge is 0.220 e. The van der Waals surface area contributed by atoms with Gasteiger partial charge in [-0.3, -0.25) is 9.69 Å². The second-order valence-corrected chi connectivity index (χ2v) is 7.87. The van der Waals surface area contributed by atoms with E-state index in [9.17, 15) is 4.79 Å². The van der Waals surface area contributed by atoms with Gasteiger partial charge >= 0.3 is 0 Å². The predicted molar refractivity (Wildman–Crippen MR) is 99.1 cm³/mol. The third-order valence-corrected chi connectivity index (χ3v) is 5.78. The highest BCUT2D eigenvalue weighted by Gasteiger charge is 2.21. The van der Waals surface area contributed by atoms with Crippen molar-refractivity contribution in [2.75, 3.05) is 13.1 Å². The third-order valence-electron chi connectivity index (χ3n) is 5.53. The van der Waals surface area contributed by atoms with Crippen molar-refractivity contribution in [3.05, 3.63) is 34.9 Å². The van der Waals surface area contributed by atoms with Gasteiger partial charge < -0.3 is 5.32 Å². The number of amides is 1. The molecule has 3 nitrogen and oxygen atoms in total. The van der Waals surface area contributed by atoms with Crippen LogP contribution in [0.2, 0.25) is 5.02 Å². The number of likely N-dealkylation sites (tertiary alicyclic amines) is 1. The molecule has 24 heavy (non-hydrogen) atoms. The van der Waals surface area contributed by atoms with Gasteiger partial charge in [-0.1, -0.05) is 49.4 Å². The maximum absolute atomic E-state index is 12.1. The van der Waals surface area contributed by atoms with E-state index in [0.717, 1.165) is 56.3 Å². The zero-order chi connectivity index (χ0) is 16.8. The lowest BCUT2D eigenvalue weighted by Gasteiger charge is -2.32. The molecule has 1 aromatic rings. The number of nitrogens with zero attached hydrogens (tertiary/aromatic N) is 1. The summed E-state index contributed by atoms with van der Waals surface area (Å²) >= 11 is 5.94. The van der Waals surface area contributed by atoms with Crippen LogP contribution in [-0.2, 0) is 11.3 Å². The molecule has 1 heterocycles. The van der Waals surface area contributed by atoms with E-state index in [1.807, 2.05) is 12.1 Å². The van der Waals surface area contributed by atoms with Crippen LogP contribution < -0.4 is 5.32 Å². The first kappa shape index (κ1) is 17.8. The summed E-state index contributed by atoms with van der Waals surface area (Å²) in [6.45, 7) is 3.08. The molecule has 1 aliphatic heterocycles. The Kier molecular flexibility index (Phi) is 6.56. The van der Waals surface area contributed by atoms with Gasteiger partial charge in [0, 0.05) is 37.1 Å². The lowest BCUT2D eigenvalue weighted by atomic mass is 10.0. The summed E-state index contributed by atoms with van der Waals surface area (Å²) in [7, 11) is 0. The summed E-state index contributed by atoms with van der Waals surface area (Å²) in [5.41, 5.74) is 1.30. The first-order valence-electron chi connectivity index (χ1n) is 9.45. The second-order valence-electron chi connectivity index (χ2n) is 7.43. The second kappa shape index (κ2) is 8.87. The Labute approximate surface area is 150 Å². The third kappa shape index (κ3) is 5.49. The SMILES string of the molecule is O=C(CCC1CCCC1)NC1CCN(Cc2ccc(Cl)cc2)CC1. The van der Waals surface area contributed by atoms with E-state index in [1.54, 1.807) is 0 Å². The van der Waals surface area contributed by atoms with Crippen LogP contribution in [0.15, 0.2) is 24.3 Å². The van der Waals surface area contributed by atoms with Crippen LogP contribution in [-0.4, -0.2) is 29.9 Å². The summed E-state index contributed by atoms with van der Waals surface area (Å²) in [4.78, 5) is 14.6. The van der Waals surface area contributed by atoms with Crippen molar-refractivity contribution in [2.45, 2.75) is 64.0 Å². The number of rotatable bonds is 6. The lowest BCUT2D eigenvalue weighted by Crippen LogP contribution is -2.44. The number of carbonyl (C=O) groups is 1. The predicted octanol–water partition coefficient (Wildman–Crippen LogP) is 4.39. The van der Waals surface area contributed by atoms with E-state index in [-0.39, 0.29) is 5.91 Å². The van der Waals surface area contributed by atoms with Crippen molar-refractivity contribution in [1.29, 1.82) is 0 Å². The van der Waals surface area contributed by atoms with E-state index in [0.29, 0.717) is 6.04 Å². The highest BCUT2D eigenvalue weighted by Crippen LogP contribution is 2.28. The summed E-state index contributed by atoms with van der Waals surface area (Å²) in [6, 6.07) is 8.46. The fourth-order valence-electron chi connectivity index (χ4n) is 4.02. The molecule has 0 aromatic heterocycles. The van der Waals surface area contributed by atoms with Gasteiger partial charge in [0.2, 0.25) is 5.91 Å². The molecular weight excluding hydrogens is 320 g/mol. The molecule has 0 unspecified atom stereocenters. The molecule has 1 amide bonds. The molecule has 4 heteroatoms. The molecule has 2 aliphatic rings. The van der Waals surface area contributed by atoms with E-state index >= 15 is 0 Å². The minimum atomic E-state index is 0.262. The van der Waals surface area contributed by atoms with E-state index in [1.165, 1.54) is 31.2 Å². The van der Waals surface area contributed by atoms with E-state index < -0.39 is 0 Å². The molecule has 0 spiro atoms. The lowest BCUT2D eigenvalue weighted by molar-refractivity contribution is -0.122. The largest absolute Gasteiger partial charge is 0.353 e. The average molecular weight is 349 g/mol. The molecule has 1 saturated heterocycles. The first-order chi connectivity index (χ1) is 11.7. The molecule has 0 radical (unpaired) electrons. The van der Waals surface area contributed by atoms with Crippen molar-refractivity contribution in [2.24, 2.45) is 5.92 Å². The standard InChI is InChI=1S/C20H29ClN2O/c21-18-8-5-17(6-9-18)15-23-13-11-19(12-14-23)22-20(24)10-7-16-3-1-2-4-16/h5-6,8-9,16,19H,1-4,7,10-15H2,(H,22,24). The quantitative estimate of drug-likeness (QED) is 0.826. The average Bonchev–Trinajstić information content (AvgIpc) is 3.10. The normalized spacial score (nSPS) is 20.4. The van der Waals surface area contributed by atoms with Gasteiger partial charge in [0.1, 0.15) is 0 Å². The van der Waals surface area contributed by atoms with Crippen molar-refractivity contribution >= 4 is 17.5 Å². The summed E-state index contributed by atoms with van der Waals surface area (Å²) in [6.07, 6.45) is 9.30. The zero-order valence-electron chi connectivity index (χ0n) is 14.5. The number of nitrogens with one attached hydrogen (secondary N) is 1. The minimum absolute atomic E-state index is 0.262. The number of halogens is 1. The van der Waals surface area contributed by atoms with Crippen LogP contribution >= 0.6 is 11.6 Å². The van der Waals surface area contributed by atoms with Gasteiger partial charge in [-0.25, -0.2) is 0 Å². The van der Waals surface area contributed by atoms with Crippen LogP contribution in [0.4, 0.5) is 0 Å². The van der Waals surface area contributed by atoms with Crippen LogP contribution in [0.25, 0.3) is 0 Å². The minimum Gasteiger partial charge on any atom is -0.353 e. The molecule has 3 rings (SSSR count). The van der Waals surface area contributed by atoms with E-state index in [4.69, 9.17) is 11.6 Å². The Morgan fingerprint density at radius 3 is 2.42 bits per heavy atom. The number of hydrogen-bond acceptors (Lipinski definition) is 2. The molecule has 1 N–H and O–H groups in total. The molecule has 2 fully saturated rings. The van der Waals surface area contributed by atoms with Crippen molar-refractivity contribution in [1.82, 2.24) is 10.2 Å². The van der Waals surface area contributed by atoms with Crippen LogP contribution in [0.5, 0.6) is 0 Å². The maximum Gasteiger partial charge on any atom is 0.220 e. The Balaban J connectivity index is 1.34. The number of hydrogen-bond donors (Lipinski definition) is 1. The van der Waals surface area contributed by atoms with Gasteiger partial charge in [-0.05, 0) is 42.9 Å². The number of carbonyl (C=O) groups excluding carboxylic acids is 1. The van der Waals surface area contributed by atoms with Gasteiger partial charge in [-0.2, -0.15) is 0 Å². The van der Waals surface area contributed by atoms with Crippen LogP contribution in [0.1, 0.15) is 56.9 Å². The molecular formula is C20H29ClN2O. The van der Waals surface area contributed by atoms with Gasteiger partial charge in [0.15, 0.2) is 0 Å². The van der Waals surface area contributed by atoms with Crippen LogP contribution in [0.3, 0.4) is 0 Å². The monoisotopic (exact) mass is 348 g/mol. The fraction of sp³-hybridized carbons (Fsp3) is 0.650. The molecule has 1 aliphatic carbocycles. The molecule has 1 aromatic carbocycles. The zero-order valence-corrected chi connectivity index (χ0v) is 15.2. The highest BCUT2D eigenvalue weighted by atomic mass is 35.5. The Morgan fingerprint density at radius 1 is 1.08 bits per heavy atom. The Hall–Kier alpha value is -1.06. The summed E-state index contributed by atoms with van der Waals surface area (Å²) < 4.78 is 0. The van der Waals surface area contributed by atoms with Crippen molar-refractivity contribution in [3.8, 4) is 0 Å². The van der Waals surface area contributed by atoms with E-state index in [2.05, 4.69) is 22.3 Å². The number of piperidine rings is 1. The Bertz CT molecular complexity index is 517. The maximum atomic E-state index is 12.1. The van der Waals surface area contributed by atoms with Crippen molar-refractivity contribution < 1.29 is 4.79 Å². The van der Waals surface area contributed by atoms with Crippen molar-refractivity contribution in [3.63, 3.8) is 0 Å². The topological polar surface area (TPSA) is 32.3 Å². The number of benzene rings is 1. The molecule has 132 valence electrons. The molecule has 0 bridgehead atoms. The molecule has 0 atom stereocenters. The Morgan fingerprint density at radius 2 is 1.75 bits per heavy atom. The van der Waals surface area contributed by atoms with Crippen LogP contribution in [0, 0.1) is 5.92 Å². The van der Waals surface area contributed by atoms with Gasteiger partial charge in [0.05, 0.1) is 0 Å². The van der Waals surface area contributed by atoms with Gasteiger partial charge in [0.25, 0.3) is 0 Å². The first-order valence-corrected chi connectivity index (χ1v) is 9.83.